The lowest BCUT2D eigenvalue weighted by atomic mass is 9.95. The van der Waals surface area contributed by atoms with Crippen LogP contribution in [0.4, 0.5) is 13.2 Å². The SMILES string of the molecule is Cl.FC(F)(F)c1cc(-c2ccco2)cc2c1CN1CCNC[C@@H]21. The van der Waals surface area contributed by atoms with Crippen molar-refractivity contribution in [2.24, 2.45) is 0 Å². The fourth-order valence-electron chi connectivity index (χ4n) is 3.45. The molecule has 2 aliphatic heterocycles. The third-order valence-corrected chi connectivity index (χ3v) is 4.47. The van der Waals surface area contributed by atoms with Crippen molar-refractivity contribution in [3.63, 3.8) is 0 Å². The minimum absolute atomic E-state index is 0. The summed E-state index contributed by atoms with van der Waals surface area (Å²) in [6.45, 7) is 2.64. The van der Waals surface area contributed by atoms with Crippen LogP contribution >= 0.6 is 12.4 Å². The van der Waals surface area contributed by atoms with Crippen LogP contribution in [-0.2, 0) is 12.7 Å². The number of alkyl halides is 3. The molecule has 1 aromatic heterocycles. The molecule has 0 aliphatic carbocycles. The lowest BCUT2D eigenvalue weighted by molar-refractivity contribution is -0.138. The first kappa shape index (κ1) is 16.4. The number of fused-ring (bicyclic) bond motifs is 3. The molecule has 0 radical (unpaired) electrons. The first-order chi connectivity index (χ1) is 10.5. The summed E-state index contributed by atoms with van der Waals surface area (Å²) >= 11 is 0. The fraction of sp³-hybridized carbons (Fsp3) is 0.375. The summed E-state index contributed by atoms with van der Waals surface area (Å²) in [7, 11) is 0. The molecule has 0 saturated carbocycles. The molecular weight excluding hydrogens is 329 g/mol. The Bertz CT molecular complexity index is 700. The van der Waals surface area contributed by atoms with Crippen LogP contribution in [0.2, 0.25) is 0 Å². The average molecular weight is 345 g/mol. The maximum Gasteiger partial charge on any atom is 0.416 e. The molecule has 3 heterocycles. The molecule has 1 saturated heterocycles. The Kier molecular flexibility index (Phi) is 4.16. The first-order valence-electron chi connectivity index (χ1n) is 7.27. The highest BCUT2D eigenvalue weighted by molar-refractivity contribution is 5.85. The molecule has 3 nitrogen and oxygen atoms in total. The zero-order chi connectivity index (χ0) is 15.3. The maximum atomic E-state index is 13.5. The van der Waals surface area contributed by atoms with Crippen molar-refractivity contribution in [2.45, 2.75) is 18.8 Å². The number of nitrogens with one attached hydrogen (secondary N) is 1. The first-order valence-corrected chi connectivity index (χ1v) is 7.27. The van der Waals surface area contributed by atoms with Crippen LogP contribution in [0.1, 0.15) is 22.7 Å². The zero-order valence-electron chi connectivity index (χ0n) is 12.2. The van der Waals surface area contributed by atoms with Gasteiger partial charge in [-0.25, -0.2) is 0 Å². The molecule has 1 aromatic carbocycles. The van der Waals surface area contributed by atoms with Crippen molar-refractivity contribution in [3.8, 4) is 11.3 Å². The molecule has 0 unspecified atom stereocenters. The molecule has 2 aliphatic rings. The Morgan fingerprint density at radius 1 is 1.26 bits per heavy atom. The van der Waals surface area contributed by atoms with Gasteiger partial charge >= 0.3 is 6.18 Å². The van der Waals surface area contributed by atoms with E-state index in [1.807, 2.05) is 6.07 Å². The van der Waals surface area contributed by atoms with E-state index in [0.29, 0.717) is 30.0 Å². The monoisotopic (exact) mass is 344 g/mol. The van der Waals surface area contributed by atoms with Crippen molar-refractivity contribution >= 4 is 12.4 Å². The smallest absolute Gasteiger partial charge is 0.416 e. The standard InChI is InChI=1S/C16H15F3N2O.ClH/c17-16(18,19)13-7-10(15-2-1-5-22-15)6-11-12(13)9-21-4-3-20-8-14(11)21;/h1-2,5-7,14,20H,3-4,8-9H2;1H/t14-;/m0./s1. The molecule has 1 atom stereocenters. The molecule has 124 valence electrons. The summed E-state index contributed by atoms with van der Waals surface area (Å²) in [4.78, 5) is 2.11. The Morgan fingerprint density at radius 3 is 2.78 bits per heavy atom. The lowest BCUT2D eigenvalue weighted by Gasteiger charge is -2.30. The topological polar surface area (TPSA) is 28.4 Å². The predicted octanol–water partition coefficient (Wildman–Crippen LogP) is 3.85. The zero-order valence-corrected chi connectivity index (χ0v) is 13.0. The molecule has 1 fully saturated rings. The molecule has 23 heavy (non-hydrogen) atoms. The summed E-state index contributed by atoms with van der Waals surface area (Å²) in [5.74, 6) is 0.468. The largest absolute Gasteiger partial charge is 0.464 e. The second-order valence-electron chi connectivity index (χ2n) is 5.76. The Balaban J connectivity index is 0.00000156. The third kappa shape index (κ3) is 2.75. The molecule has 2 aromatic rings. The normalized spacial score (nSPS) is 20.7. The van der Waals surface area contributed by atoms with Gasteiger partial charge in [-0.3, -0.25) is 4.90 Å². The number of halogens is 4. The predicted molar refractivity (Wildman–Crippen MR) is 82.4 cm³/mol. The highest BCUT2D eigenvalue weighted by Crippen LogP contribution is 2.44. The summed E-state index contributed by atoms with van der Waals surface area (Å²) in [5.41, 5.74) is 1.14. The summed E-state index contributed by atoms with van der Waals surface area (Å²) < 4.78 is 45.7. The van der Waals surface area contributed by atoms with E-state index < -0.39 is 11.7 Å². The van der Waals surface area contributed by atoms with Gasteiger partial charge in [0, 0.05) is 37.8 Å². The van der Waals surface area contributed by atoms with Crippen molar-refractivity contribution < 1.29 is 17.6 Å². The number of rotatable bonds is 1. The molecule has 7 heteroatoms. The minimum atomic E-state index is -4.35. The van der Waals surface area contributed by atoms with E-state index >= 15 is 0 Å². The van der Waals surface area contributed by atoms with Gasteiger partial charge in [0.05, 0.1) is 11.8 Å². The van der Waals surface area contributed by atoms with Crippen LogP contribution in [-0.4, -0.2) is 24.5 Å². The Hall–Kier alpha value is -1.50. The second-order valence-corrected chi connectivity index (χ2v) is 5.76. The van der Waals surface area contributed by atoms with Gasteiger partial charge in [-0.05, 0) is 35.4 Å². The highest BCUT2D eigenvalue weighted by Gasteiger charge is 2.41. The van der Waals surface area contributed by atoms with Gasteiger partial charge in [-0.15, -0.1) is 12.4 Å². The van der Waals surface area contributed by atoms with Gasteiger partial charge < -0.3 is 9.73 Å². The highest BCUT2D eigenvalue weighted by atomic mass is 35.5. The fourth-order valence-corrected chi connectivity index (χ4v) is 3.45. The van der Waals surface area contributed by atoms with Crippen molar-refractivity contribution in [2.75, 3.05) is 19.6 Å². The summed E-state index contributed by atoms with van der Waals surface area (Å²) in [5, 5.41) is 3.26. The molecule has 0 amide bonds. The van der Waals surface area contributed by atoms with E-state index in [1.54, 1.807) is 12.1 Å². The van der Waals surface area contributed by atoms with Crippen molar-refractivity contribution in [3.05, 3.63) is 47.2 Å². The van der Waals surface area contributed by atoms with Crippen molar-refractivity contribution in [1.29, 1.82) is 0 Å². The summed E-state index contributed by atoms with van der Waals surface area (Å²) in [6.07, 6.45) is -2.88. The lowest BCUT2D eigenvalue weighted by Crippen LogP contribution is -2.42. The van der Waals surface area contributed by atoms with E-state index in [1.165, 1.54) is 12.3 Å². The van der Waals surface area contributed by atoms with Gasteiger partial charge in [-0.1, -0.05) is 0 Å². The minimum Gasteiger partial charge on any atom is -0.464 e. The number of furan rings is 1. The van der Waals surface area contributed by atoms with Crippen LogP contribution in [0.15, 0.2) is 34.9 Å². The van der Waals surface area contributed by atoms with E-state index in [2.05, 4.69) is 10.2 Å². The third-order valence-electron chi connectivity index (χ3n) is 4.47. The van der Waals surface area contributed by atoms with Gasteiger partial charge in [0.1, 0.15) is 5.76 Å². The van der Waals surface area contributed by atoms with Gasteiger partial charge in [0.15, 0.2) is 0 Å². The molecule has 1 N–H and O–H groups in total. The molecular formula is C16H16ClF3N2O. The number of benzene rings is 1. The number of hydrogen-bond donors (Lipinski definition) is 1. The van der Waals surface area contributed by atoms with Gasteiger partial charge in [0.2, 0.25) is 0 Å². The van der Waals surface area contributed by atoms with Gasteiger partial charge in [0.25, 0.3) is 0 Å². The van der Waals surface area contributed by atoms with Crippen LogP contribution in [0.3, 0.4) is 0 Å². The Morgan fingerprint density at radius 2 is 2.09 bits per heavy atom. The number of piperazine rings is 1. The second kappa shape index (κ2) is 5.85. The molecule has 0 bridgehead atoms. The number of hydrogen-bond acceptors (Lipinski definition) is 3. The molecule has 0 spiro atoms. The maximum absolute atomic E-state index is 13.5. The van der Waals surface area contributed by atoms with Crippen molar-refractivity contribution in [1.82, 2.24) is 10.2 Å². The Labute approximate surface area is 137 Å². The van der Waals surface area contributed by atoms with Crippen LogP contribution in [0.5, 0.6) is 0 Å². The van der Waals surface area contributed by atoms with Crippen LogP contribution in [0, 0.1) is 0 Å². The number of nitrogens with zero attached hydrogens (tertiary/aromatic N) is 1. The van der Waals surface area contributed by atoms with E-state index in [4.69, 9.17) is 4.42 Å². The van der Waals surface area contributed by atoms with Gasteiger partial charge in [-0.2, -0.15) is 13.2 Å². The quantitative estimate of drug-likeness (QED) is 0.852. The van der Waals surface area contributed by atoms with E-state index in [9.17, 15) is 13.2 Å². The van der Waals surface area contributed by atoms with E-state index in [-0.39, 0.29) is 18.4 Å². The van der Waals surface area contributed by atoms with Crippen LogP contribution < -0.4 is 5.32 Å². The van der Waals surface area contributed by atoms with Crippen LogP contribution in [0.25, 0.3) is 11.3 Å². The molecule has 4 rings (SSSR count). The summed E-state index contributed by atoms with van der Waals surface area (Å²) in [6, 6.07) is 6.45. The average Bonchev–Trinajstić information content (AvgIpc) is 3.12. The van der Waals surface area contributed by atoms with E-state index in [0.717, 1.165) is 18.7 Å².